The van der Waals surface area contributed by atoms with E-state index in [9.17, 15) is 5.11 Å². The lowest BCUT2D eigenvalue weighted by molar-refractivity contribution is 0.128. The number of nitrogens with zero attached hydrogens (tertiary/aromatic N) is 1. The molecule has 2 nitrogen and oxygen atoms in total. The molecule has 0 saturated heterocycles. The SMILES string of the molecule is CCCCCCC[C@@H](O)[C@@H](C)C#N. The van der Waals surface area contributed by atoms with Crippen molar-refractivity contribution in [3.63, 3.8) is 0 Å². The first kappa shape index (κ1) is 12.4. The Labute approximate surface area is 81.6 Å². The van der Waals surface area contributed by atoms with Crippen LogP contribution in [0.2, 0.25) is 0 Å². The van der Waals surface area contributed by atoms with Crippen LogP contribution in [0.1, 0.15) is 52.4 Å². The highest BCUT2D eigenvalue weighted by molar-refractivity contribution is 4.84. The van der Waals surface area contributed by atoms with Gasteiger partial charge in [0.1, 0.15) is 0 Å². The third kappa shape index (κ3) is 6.60. The summed E-state index contributed by atoms with van der Waals surface area (Å²) in [5.74, 6) is -0.217. The quantitative estimate of drug-likeness (QED) is 0.617. The Hall–Kier alpha value is -0.550. The fourth-order valence-electron chi connectivity index (χ4n) is 1.29. The number of aliphatic hydroxyl groups excluding tert-OH is 1. The molecule has 0 heterocycles. The van der Waals surface area contributed by atoms with Crippen LogP contribution in [0.4, 0.5) is 0 Å². The maximum Gasteiger partial charge on any atom is 0.0695 e. The lowest BCUT2D eigenvalue weighted by Gasteiger charge is -2.11. The third-order valence-corrected chi connectivity index (χ3v) is 2.38. The zero-order valence-electron chi connectivity index (χ0n) is 8.79. The van der Waals surface area contributed by atoms with Gasteiger partial charge in [0.25, 0.3) is 0 Å². The molecule has 0 spiro atoms. The van der Waals surface area contributed by atoms with Gasteiger partial charge >= 0.3 is 0 Å². The largest absolute Gasteiger partial charge is 0.392 e. The molecule has 0 fully saturated rings. The van der Waals surface area contributed by atoms with Crippen molar-refractivity contribution in [3.05, 3.63) is 0 Å². The van der Waals surface area contributed by atoms with E-state index in [2.05, 4.69) is 13.0 Å². The van der Waals surface area contributed by atoms with Crippen molar-refractivity contribution in [3.8, 4) is 6.07 Å². The van der Waals surface area contributed by atoms with Crippen molar-refractivity contribution in [1.82, 2.24) is 0 Å². The summed E-state index contributed by atoms with van der Waals surface area (Å²) in [6.45, 7) is 3.96. The number of nitriles is 1. The minimum atomic E-state index is -0.424. The van der Waals surface area contributed by atoms with Crippen LogP contribution >= 0.6 is 0 Å². The van der Waals surface area contributed by atoms with Gasteiger partial charge in [0, 0.05) is 0 Å². The smallest absolute Gasteiger partial charge is 0.0695 e. The Morgan fingerprint density at radius 2 is 1.85 bits per heavy atom. The Bertz CT molecular complexity index is 151. The molecule has 2 heteroatoms. The lowest BCUT2D eigenvalue weighted by atomic mass is 10.00. The monoisotopic (exact) mass is 183 g/mol. The van der Waals surface area contributed by atoms with Gasteiger partial charge in [-0.2, -0.15) is 5.26 Å². The zero-order valence-corrected chi connectivity index (χ0v) is 8.79. The minimum Gasteiger partial charge on any atom is -0.392 e. The minimum absolute atomic E-state index is 0.217. The topological polar surface area (TPSA) is 44.0 Å². The van der Waals surface area contributed by atoms with Crippen LogP contribution in [0, 0.1) is 17.2 Å². The molecular formula is C11H21NO. The summed E-state index contributed by atoms with van der Waals surface area (Å²) in [7, 11) is 0. The van der Waals surface area contributed by atoms with E-state index in [-0.39, 0.29) is 5.92 Å². The van der Waals surface area contributed by atoms with Gasteiger partial charge < -0.3 is 5.11 Å². The second kappa shape index (κ2) is 8.07. The van der Waals surface area contributed by atoms with Crippen LogP contribution < -0.4 is 0 Å². The van der Waals surface area contributed by atoms with Gasteiger partial charge in [-0.25, -0.2) is 0 Å². The average molecular weight is 183 g/mol. The molecule has 1 N–H and O–H groups in total. The molecule has 0 aromatic carbocycles. The molecule has 0 aliphatic carbocycles. The maximum absolute atomic E-state index is 9.45. The van der Waals surface area contributed by atoms with E-state index in [0.717, 1.165) is 12.8 Å². The predicted octanol–water partition coefficient (Wildman–Crippen LogP) is 2.87. The van der Waals surface area contributed by atoms with Gasteiger partial charge in [0.15, 0.2) is 0 Å². The summed E-state index contributed by atoms with van der Waals surface area (Å²) in [6.07, 6.45) is 6.37. The lowest BCUT2D eigenvalue weighted by Crippen LogP contribution is -2.15. The average Bonchev–Trinajstić information content (AvgIpc) is 2.16. The molecule has 0 aromatic rings. The highest BCUT2D eigenvalue weighted by Crippen LogP contribution is 2.12. The van der Waals surface area contributed by atoms with E-state index < -0.39 is 6.10 Å². The molecular weight excluding hydrogens is 162 g/mol. The third-order valence-electron chi connectivity index (χ3n) is 2.38. The molecule has 13 heavy (non-hydrogen) atoms. The molecule has 0 bridgehead atoms. The highest BCUT2D eigenvalue weighted by Gasteiger charge is 2.11. The van der Waals surface area contributed by atoms with Gasteiger partial charge in [-0.3, -0.25) is 0 Å². The summed E-state index contributed by atoms with van der Waals surface area (Å²) in [6, 6.07) is 2.07. The zero-order chi connectivity index (χ0) is 10.1. The molecule has 0 amide bonds. The Balaban J connectivity index is 3.28. The van der Waals surface area contributed by atoms with Gasteiger partial charge in [0.05, 0.1) is 18.1 Å². The summed E-state index contributed by atoms with van der Waals surface area (Å²) < 4.78 is 0. The molecule has 76 valence electrons. The van der Waals surface area contributed by atoms with Crippen molar-refractivity contribution < 1.29 is 5.11 Å². The van der Waals surface area contributed by atoms with E-state index in [1.54, 1.807) is 6.92 Å². The molecule has 0 saturated carbocycles. The molecule has 0 rings (SSSR count). The fourth-order valence-corrected chi connectivity index (χ4v) is 1.29. The first-order valence-corrected chi connectivity index (χ1v) is 5.30. The Morgan fingerprint density at radius 3 is 2.38 bits per heavy atom. The normalized spacial score (nSPS) is 14.9. The van der Waals surface area contributed by atoms with E-state index in [1.165, 1.54) is 25.7 Å². The van der Waals surface area contributed by atoms with Crippen molar-refractivity contribution in [1.29, 1.82) is 5.26 Å². The second-order valence-corrected chi connectivity index (χ2v) is 3.69. The number of hydrogen-bond donors (Lipinski definition) is 1. The van der Waals surface area contributed by atoms with Gasteiger partial charge in [-0.1, -0.05) is 39.0 Å². The number of unbranched alkanes of at least 4 members (excludes halogenated alkanes) is 4. The molecule has 0 unspecified atom stereocenters. The van der Waals surface area contributed by atoms with Gasteiger partial charge in [-0.15, -0.1) is 0 Å². The van der Waals surface area contributed by atoms with Crippen LogP contribution in [0.15, 0.2) is 0 Å². The molecule has 0 aliphatic rings. The van der Waals surface area contributed by atoms with Crippen LogP contribution in [0.3, 0.4) is 0 Å². The molecule has 0 aromatic heterocycles. The standard InChI is InChI=1S/C11H21NO/c1-3-4-5-6-7-8-11(13)10(2)9-12/h10-11,13H,3-8H2,1-2H3/t10-,11+/m0/s1. The fraction of sp³-hybridized carbons (Fsp3) is 0.909. The van der Waals surface area contributed by atoms with Crippen molar-refractivity contribution in [2.75, 3.05) is 0 Å². The Kier molecular flexibility index (Phi) is 7.73. The van der Waals surface area contributed by atoms with Crippen LogP contribution in [0.5, 0.6) is 0 Å². The summed E-state index contributed by atoms with van der Waals surface area (Å²) in [5, 5.41) is 18.0. The Morgan fingerprint density at radius 1 is 1.23 bits per heavy atom. The first-order valence-electron chi connectivity index (χ1n) is 5.30. The van der Waals surface area contributed by atoms with Crippen LogP contribution in [0.25, 0.3) is 0 Å². The second-order valence-electron chi connectivity index (χ2n) is 3.69. The van der Waals surface area contributed by atoms with E-state index in [4.69, 9.17) is 5.26 Å². The molecule has 2 atom stereocenters. The highest BCUT2D eigenvalue weighted by atomic mass is 16.3. The van der Waals surface area contributed by atoms with Crippen molar-refractivity contribution in [2.45, 2.75) is 58.5 Å². The molecule has 0 aliphatic heterocycles. The first-order chi connectivity index (χ1) is 6.22. The number of hydrogen-bond acceptors (Lipinski definition) is 2. The maximum atomic E-state index is 9.45. The van der Waals surface area contributed by atoms with Crippen LogP contribution in [-0.4, -0.2) is 11.2 Å². The van der Waals surface area contributed by atoms with Crippen molar-refractivity contribution >= 4 is 0 Å². The molecule has 0 radical (unpaired) electrons. The van der Waals surface area contributed by atoms with E-state index in [0.29, 0.717) is 0 Å². The van der Waals surface area contributed by atoms with Crippen molar-refractivity contribution in [2.24, 2.45) is 5.92 Å². The van der Waals surface area contributed by atoms with Gasteiger partial charge in [-0.05, 0) is 13.3 Å². The van der Waals surface area contributed by atoms with Gasteiger partial charge in [0.2, 0.25) is 0 Å². The summed E-state index contributed by atoms with van der Waals surface area (Å²) in [5.41, 5.74) is 0. The predicted molar refractivity (Wildman–Crippen MR) is 54.2 cm³/mol. The van der Waals surface area contributed by atoms with E-state index in [1.807, 2.05) is 0 Å². The van der Waals surface area contributed by atoms with Crippen LogP contribution in [-0.2, 0) is 0 Å². The van der Waals surface area contributed by atoms with E-state index >= 15 is 0 Å². The number of aliphatic hydroxyl groups is 1. The number of rotatable bonds is 7. The summed E-state index contributed by atoms with van der Waals surface area (Å²) in [4.78, 5) is 0. The summed E-state index contributed by atoms with van der Waals surface area (Å²) >= 11 is 0.